The van der Waals surface area contributed by atoms with Gasteiger partial charge in [0.2, 0.25) is 0 Å². The third-order valence-corrected chi connectivity index (χ3v) is 2.11. The molecule has 0 saturated carbocycles. The van der Waals surface area contributed by atoms with E-state index in [1.807, 2.05) is 19.1 Å². The largest absolute Gasteiger partial charge is 0.478 e. The second-order valence-corrected chi connectivity index (χ2v) is 4.13. The van der Waals surface area contributed by atoms with Crippen molar-refractivity contribution in [2.24, 2.45) is 5.92 Å². The molecule has 0 aliphatic heterocycles. The molecular formula is C12H17NO2. The lowest BCUT2D eigenvalue weighted by atomic mass is 10.1. The van der Waals surface area contributed by atoms with Gasteiger partial charge in [-0.1, -0.05) is 19.9 Å². The zero-order valence-electron chi connectivity index (χ0n) is 9.37. The molecule has 3 nitrogen and oxygen atoms in total. The van der Waals surface area contributed by atoms with Crippen molar-refractivity contribution in [2.75, 3.05) is 11.9 Å². The fraction of sp³-hybridized carbons (Fsp3) is 0.417. The van der Waals surface area contributed by atoms with E-state index >= 15 is 0 Å². The Hall–Kier alpha value is -1.51. The highest BCUT2D eigenvalue weighted by molar-refractivity contribution is 5.94. The molecule has 1 aromatic rings. The number of anilines is 1. The number of hydrogen-bond donors (Lipinski definition) is 2. The molecule has 0 aliphatic carbocycles. The van der Waals surface area contributed by atoms with Crippen molar-refractivity contribution in [2.45, 2.75) is 20.8 Å². The molecule has 0 fully saturated rings. The number of nitrogens with one attached hydrogen (secondary N) is 1. The Morgan fingerprint density at radius 1 is 1.47 bits per heavy atom. The van der Waals surface area contributed by atoms with Gasteiger partial charge in [0.05, 0.1) is 5.56 Å². The first-order chi connectivity index (χ1) is 7.00. The maximum atomic E-state index is 10.9. The molecule has 2 N–H and O–H groups in total. The number of aryl methyl sites for hydroxylation is 1. The quantitative estimate of drug-likeness (QED) is 0.798. The van der Waals surface area contributed by atoms with Gasteiger partial charge in [-0.15, -0.1) is 0 Å². The number of hydrogen-bond acceptors (Lipinski definition) is 2. The van der Waals surface area contributed by atoms with E-state index in [-0.39, 0.29) is 0 Å². The third-order valence-electron chi connectivity index (χ3n) is 2.11. The van der Waals surface area contributed by atoms with Crippen LogP contribution in [0.5, 0.6) is 0 Å². The van der Waals surface area contributed by atoms with Crippen molar-refractivity contribution < 1.29 is 9.90 Å². The molecule has 0 aliphatic rings. The lowest BCUT2D eigenvalue weighted by molar-refractivity contribution is 0.0698. The number of carboxylic acids is 1. The van der Waals surface area contributed by atoms with E-state index in [1.165, 1.54) is 0 Å². The number of carboxylic acid groups (broad SMARTS) is 1. The predicted molar refractivity (Wildman–Crippen MR) is 61.5 cm³/mol. The molecule has 0 unspecified atom stereocenters. The second kappa shape index (κ2) is 4.82. The summed E-state index contributed by atoms with van der Waals surface area (Å²) in [5.41, 5.74) is 2.10. The smallest absolute Gasteiger partial charge is 0.337 e. The van der Waals surface area contributed by atoms with Gasteiger partial charge in [0.15, 0.2) is 0 Å². The van der Waals surface area contributed by atoms with E-state index in [2.05, 4.69) is 19.2 Å². The summed E-state index contributed by atoms with van der Waals surface area (Å²) in [6.07, 6.45) is 0. The van der Waals surface area contributed by atoms with E-state index in [0.717, 1.165) is 12.1 Å². The fourth-order valence-corrected chi connectivity index (χ4v) is 1.30. The molecule has 0 spiro atoms. The Bertz CT molecular complexity index is 359. The van der Waals surface area contributed by atoms with Crippen molar-refractivity contribution in [3.8, 4) is 0 Å². The summed E-state index contributed by atoms with van der Waals surface area (Å²) in [6.45, 7) is 6.91. The van der Waals surface area contributed by atoms with Crippen LogP contribution in [0.1, 0.15) is 29.8 Å². The first kappa shape index (κ1) is 11.6. The predicted octanol–water partition coefficient (Wildman–Crippen LogP) is 2.76. The van der Waals surface area contributed by atoms with E-state index in [9.17, 15) is 4.79 Å². The highest BCUT2D eigenvalue weighted by atomic mass is 16.4. The summed E-state index contributed by atoms with van der Waals surface area (Å²) in [4.78, 5) is 10.9. The van der Waals surface area contributed by atoms with Gasteiger partial charge in [-0.25, -0.2) is 4.79 Å². The van der Waals surface area contributed by atoms with Crippen molar-refractivity contribution in [3.63, 3.8) is 0 Å². The Labute approximate surface area is 90.1 Å². The van der Waals surface area contributed by atoms with Crippen LogP contribution in [-0.4, -0.2) is 17.6 Å². The molecule has 0 heterocycles. The Morgan fingerprint density at radius 2 is 2.13 bits per heavy atom. The van der Waals surface area contributed by atoms with Crippen LogP contribution in [0.3, 0.4) is 0 Å². The molecule has 0 bridgehead atoms. The summed E-state index contributed by atoms with van der Waals surface area (Å²) < 4.78 is 0. The highest BCUT2D eigenvalue weighted by Gasteiger charge is 2.09. The molecule has 0 amide bonds. The minimum atomic E-state index is -0.888. The van der Waals surface area contributed by atoms with Gasteiger partial charge in [-0.3, -0.25) is 0 Å². The van der Waals surface area contributed by atoms with E-state index in [1.54, 1.807) is 6.07 Å². The van der Waals surface area contributed by atoms with Crippen molar-refractivity contribution in [1.82, 2.24) is 0 Å². The van der Waals surface area contributed by atoms with Gasteiger partial charge in [0, 0.05) is 12.2 Å². The molecule has 82 valence electrons. The van der Waals surface area contributed by atoms with Crippen LogP contribution in [-0.2, 0) is 0 Å². The van der Waals surface area contributed by atoms with Crippen molar-refractivity contribution >= 4 is 11.7 Å². The first-order valence-electron chi connectivity index (χ1n) is 5.08. The molecule has 1 aromatic carbocycles. The lowest BCUT2D eigenvalue weighted by Crippen LogP contribution is -2.11. The monoisotopic (exact) mass is 207 g/mol. The van der Waals surface area contributed by atoms with Crippen LogP contribution < -0.4 is 5.32 Å². The normalized spacial score (nSPS) is 10.4. The van der Waals surface area contributed by atoms with E-state index < -0.39 is 5.97 Å². The van der Waals surface area contributed by atoms with Crippen molar-refractivity contribution in [1.29, 1.82) is 0 Å². The van der Waals surface area contributed by atoms with Crippen LogP contribution in [0.15, 0.2) is 18.2 Å². The van der Waals surface area contributed by atoms with Crippen LogP contribution in [0.4, 0.5) is 5.69 Å². The lowest BCUT2D eigenvalue weighted by Gasteiger charge is -2.12. The Balaban J connectivity index is 2.92. The number of aromatic carboxylic acids is 1. The zero-order chi connectivity index (χ0) is 11.4. The molecule has 0 atom stereocenters. The molecule has 15 heavy (non-hydrogen) atoms. The van der Waals surface area contributed by atoms with Crippen molar-refractivity contribution in [3.05, 3.63) is 29.3 Å². The average molecular weight is 207 g/mol. The standard InChI is InChI=1S/C12H17NO2/c1-8(2)7-13-11-6-9(3)4-5-10(11)12(14)15/h4-6,8,13H,7H2,1-3H3,(H,14,15). The first-order valence-corrected chi connectivity index (χ1v) is 5.08. The van der Waals surface area contributed by atoms with Gasteiger partial charge in [-0.2, -0.15) is 0 Å². The maximum absolute atomic E-state index is 10.9. The zero-order valence-corrected chi connectivity index (χ0v) is 9.37. The van der Waals surface area contributed by atoms with Crippen LogP contribution in [0.2, 0.25) is 0 Å². The average Bonchev–Trinajstić information content (AvgIpc) is 2.14. The van der Waals surface area contributed by atoms with Gasteiger partial charge >= 0.3 is 5.97 Å². The summed E-state index contributed by atoms with van der Waals surface area (Å²) in [5, 5.41) is 12.1. The topological polar surface area (TPSA) is 49.3 Å². The van der Waals surface area contributed by atoms with E-state index in [4.69, 9.17) is 5.11 Å². The maximum Gasteiger partial charge on any atom is 0.337 e. The fourth-order valence-electron chi connectivity index (χ4n) is 1.30. The summed E-state index contributed by atoms with van der Waals surface area (Å²) in [7, 11) is 0. The Kier molecular flexibility index (Phi) is 3.72. The molecule has 3 heteroatoms. The molecule has 0 aromatic heterocycles. The Morgan fingerprint density at radius 3 is 2.67 bits per heavy atom. The van der Waals surface area contributed by atoms with E-state index in [0.29, 0.717) is 17.2 Å². The summed E-state index contributed by atoms with van der Waals surface area (Å²) in [5.74, 6) is -0.395. The van der Waals surface area contributed by atoms with Crippen LogP contribution >= 0.6 is 0 Å². The number of rotatable bonds is 4. The molecular weight excluding hydrogens is 190 g/mol. The van der Waals surface area contributed by atoms with Gasteiger partial charge in [0.25, 0.3) is 0 Å². The summed E-state index contributed by atoms with van der Waals surface area (Å²) >= 11 is 0. The number of benzene rings is 1. The van der Waals surface area contributed by atoms with Crippen LogP contribution in [0.25, 0.3) is 0 Å². The highest BCUT2D eigenvalue weighted by Crippen LogP contribution is 2.17. The van der Waals surface area contributed by atoms with Gasteiger partial charge < -0.3 is 10.4 Å². The van der Waals surface area contributed by atoms with Crippen LogP contribution in [0, 0.1) is 12.8 Å². The summed E-state index contributed by atoms with van der Waals surface area (Å²) in [6, 6.07) is 5.32. The molecule has 0 radical (unpaired) electrons. The SMILES string of the molecule is Cc1ccc(C(=O)O)c(NCC(C)C)c1. The minimum Gasteiger partial charge on any atom is -0.478 e. The third kappa shape index (κ3) is 3.27. The molecule has 1 rings (SSSR count). The minimum absolute atomic E-state index is 0.334. The van der Waals surface area contributed by atoms with Gasteiger partial charge in [0.1, 0.15) is 0 Å². The number of carbonyl (C=O) groups is 1. The second-order valence-electron chi connectivity index (χ2n) is 4.13. The molecule has 0 saturated heterocycles. The van der Waals surface area contributed by atoms with Gasteiger partial charge in [-0.05, 0) is 30.5 Å².